The van der Waals surface area contributed by atoms with Crippen molar-refractivity contribution in [2.45, 2.75) is 44.4 Å². The van der Waals surface area contributed by atoms with E-state index in [1.54, 1.807) is 11.9 Å². The van der Waals surface area contributed by atoms with Gasteiger partial charge < -0.3 is 14.2 Å². The maximum Gasteiger partial charge on any atom is 0.423 e. The summed E-state index contributed by atoms with van der Waals surface area (Å²) in [5.74, 6) is 2.28. The molecule has 148 valence electrons. The van der Waals surface area contributed by atoms with Crippen molar-refractivity contribution in [3.63, 3.8) is 0 Å². The number of hydrogen-bond donors (Lipinski definition) is 1. The van der Waals surface area contributed by atoms with E-state index in [0.717, 1.165) is 0 Å². The second-order valence-corrected chi connectivity index (χ2v) is 6.12. The number of alkyl halides is 3. The van der Waals surface area contributed by atoms with Crippen LogP contribution in [0.4, 0.5) is 13.2 Å². The van der Waals surface area contributed by atoms with E-state index in [0.29, 0.717) is 22.2 Å². The Hall–Kier alpha value is -2.16. The molecule has 0 aromatic carbocycles. The van der Waals surface area contributed by atoms with Crippen molar-refractivity contribution in [1.82, 2.24) is 9.55 Å². The van der Waals surface area contributed by atoms with E-state index < -0.39 is 41.4 Å². The summed E-state index contributed by atoms with van der Waals surface area (Å²) >= 11 is 4.96. The second-order valence-electron chi connectivity index (χ2n) is 5.66. The Labute approximate surface area is 157 Å². The molecule has 0 spiro atoms. The molecule has 1 N–H and O–H groups in total. The maximum absolute atomic E-state index is 13.0. The number of hydrogen-bond acceptors (Lipinski definition) is 6. The van der Waals surface area contributed by atoms with Crippen LogP contribution in [0.2, 0.25) is 0 Å². The molecule has 1 aromatic rings. The van der Waals surface area contributed by atoms with Crippen LogP contribution in [0.25, 0.3) is 0 Å². The predicted octanol–water partition coefficient (Wildman–Crippen LogP) is 1.62. The van der Waals surface area contributed by atoms with Gasteiger partial charge in [-0.05, 0) is 12.2 Å². The van der Waals surface area contributed by atoms with E-state index >= 15 is 0 Å². The highest BCUT2D eigenvalue weighted by Crippen LogP contribution is 2.32. The van der Waals surface area contributed by atoms with Crippen molar-refractivity contribution >= 4 is 17.3 Å². The van der Waals surface area contributed by atoms with Gasteiger partial charge >= 0.3 is 11.9 Å². The average molecular weight is 406 g/mol. The van der Waals surface area contributed by atoms with Gasteiger partial charge in [0, 0.05) is 19.0 Å². The molecular weight excluding hydrogens is 389 g/mol. The zero-order chi connectivity index (χ0) is 20.2. The molecule has 0 radical (unpaired) electrons. The zero-order valence-corrected chi connectivity index (χ0v) is 15.1. The number of thiocarbonyl (C=S) groups is 1. The molecule has 0 bridgehead atoms. The van der Waals surface area contributed by atoms with Gasteiger partial charge in [0.2, 0.25) is 0 Å². The highest BCUT2D eigenvalue weighted by atomic mass is 32.1. The Morgan fingerprint density at radius 3 is 2.81 bits per heavy atom. The van der Waals surface area contributed by atoms with Crippen LogP contribution < -0.4 is 11.2 Å². The molecule has 0 aliphatic carbocycles. The summed E-state index contributed by atoms with van der Waals surface area (Å²) in [6.45, 7) is 1.73. The topological polar surface area (TPSA) is 82.6 Å². The number of aromatic amines is 1. The lowest BCUT2D eigenvalue weighted by Crippen LogP contribution is -2.36. The third-order valence-corrected chi connectivity index (χ3v) is 4.25. The molecular formula is C16H17F3N2O5S. The first-order chi connectivity index (χ1) is 12.7. The molecule has 0 amide bonds. The molecule has 3 atom stereocenters. The Morgan fingerprint density at radius 1 is 1.52 bits per heavy atom. The van der Waals surface area contributed by atoms with E-state index in [1.165, 1.54) is 0 Å². The Bertz CT molecular complexity index is 842. The van der Waals surface area contributed by atoms with Gasteiger partial charge in [0.05, 0.1) is 6.10 Å². The number of aromatic nitrogens is 2. The molecule has 1 aliphatic heterocycles. The van der Waals surface area contributed by atoms with E-state index in [1.807, 2.05) is 0 Å². The lowest BCUT2D eigenvalue weighted by Gasteiger charge is -2.19. The molecule has 1 saturated heterocycles. The molecule has 11 heteroatoms. The van der Waals surface area contributed by atoms with Gasteiger partial charge in [-0.1, -0.05) is 12.8 Å². The first-order valence-electron chi connectivity index (χ1n) is 7.96. The van der Waals surface area contributed by atoms with Crippen LogP contribution in [0.15, 0.2) is 15.8 Å². The smallest absolute Gasteiger partial charge is 0.423 e. The molecule has 1 fully saturated rings. The van der Waals surface area contributed by atoms with E-state index in [9.17, 15) is 22.8 Å². The second kappa shape index (κ2) is 8.69. The molecule has 0 unspecified atom stereocenters. The highest BCUT2D eigenvalue weighted by molar-refractivity contribution is 7.80. The first-order valence-corrected chi connectivity index (χ1v) is 8.37. The van der Waals surface area contributed by atoms with Crippen molar-refractivity contribution in [1.29, 1.82) is 0 Å². The average Bonchev–Trinajstić information content (AvgIpc) is 2.99. The van der Waals surface area contributed by atoms with Crippen LogP contribution in [0.5, 0.6) is 0 Å². The van der Waals surface area contributed by atoms with Crippen molar-refractivity contribution in [2.75, 3.05) is 13.2 Å². The maximum atomic E-state index is 13.0. The van der Waals surface area contributed by atoms with Gasteiger partial charge in [-0.2, -0.15) is 13.2 Å². The van der Waals surface area contributed by atoms with Crippen LogP contribution in [0, 0.1) is 12.3 Å². The molecule has 0 saturated carbocycles. The summed E-state index contributed by atoms with van der Waals surface area (Å²) in [4.78, 5) is 25.1. The summed E-state index contributed by atoms with van der Waals surface area (Å²) < 4.78 is 56.0. The molecule has 27 heavy (non-hydrogen) atoms. The zero-order valence-electron chi connectivity index (χ0n) is 14.2. The lowest BCUT2D eigenvalue weighted by molar-refractivity contribution is -0.139. The van der Waals surface area contributed by atoms with Gasteiger partial charge in [0.25, 0.3) is 5.56 Å². The highest BCUT2D eigenvalue weighted by Gasteiger charge is 2.40. The summed E-state index contributed by atoms with van der Waals surface area (Å²) in [5, 5.41) is 0.332. The number of rotatable bonds is 6. The number of nitrogens with zero attached hydrogens (tertiary/aromatic N) is 1. The number of nitrogens with one attached hydrogen (secondary N) is 1. The predicted molar refractivity (Wildman–Crippen MR) is 92.3 cm³/mol. The number of H-pyrrole nitrogens is 1. The van der Waals surface area contributed by atoms with Crippen molar-refractivity contribution in [3.05, 3.63) is 32.6 Å². The summed E-state index contributed by atoms with van der Waals surface area (Å²) in [6.07, 6.45) is -1.22. The van der Waals surface area contributed by atoms with Gasteiger partial charge in [0.1, 0.15) is 31.1 Å². The van der Waals surface area contributed by atoms with Crippen molar-refractivity contribution in [3.8, 4) is 12.3 Å². The Kier molecular flexibility index (Phi) is 6.80. The quantitative estimate of drug-likeness (QED) is 0.571. The molecule has 1 aromatic heterocycles. The van der Waals surface area contributed by atoms with Crippen LogP contribution in [-0.2, 0) is 20.4 Å². The minimum Gasteiger partial charge on any atom is -0.484 e. The largest absolute Gasteiger partial charge is 0.484 e. The molecule has 7 nitrogen and oxygen atoms in total. The van der Waals surface area contributed by atoms with Crippen LogP contribution in [-0.4, -0.2) is 40.0 Å². The fourth-order valence-electron chi connectivity index (χ4n) is 2.53. The standard InChI is InChI=1S/C16H17F3N2O5S/c1-3-5-24-10-6-12(26-11(10)8-25-13(27)4-2)21-7-9(16(17,18)19)14(22)20-15(21)23/h1,7,10-12H,4-6,8H2,2H3,(H,20,22,23)/t10-,11+,12+/m0/s1. The number of halogens is 3. The molecule has 2 heterocycles. The van der Waals surface area contributed by atoms with Crippen LogP contribution >= 0.6 is 12.2 Å². The molecule has 2 rings (SSSR count). The van der Waals surface area contributed by atoms with Gasteiger partial charge in [-0.25, -0.2) is 4.79 Å². The van der Waals surface area contributed by atoms with Crippen molar-refractivity contribution in [2.24, 2.45) is 0 Å². The number of terminal acetylenes is 1. The Balaban J connectivity index is 2.28. The third-order valence-electron chi connectivity index (χ3n) is 3.84. The van der Waals surface area contributed by atoms with Gasteiger partial charge in [0.15, 0.2) is 5.05 Å². The Morgan fingerprint density at radius 2 is 2.22 bits per heavy atom. The van der Waals surface area contributed by atoms with E-state index in [2.05, 4.69) is 5.92 Å². The summed E-state index contributed by atoms with van der Waals surface area (Å²) in [7, 11) is 0. The van der Waals surface area contributed by atoms with E-state index in [4.69, 9.17) is 32.9 Å². The minimum absolute atomic E-state index is 0.0113. The van der Waals surface area contributed by atoms with E-state index in [-0.39, 0.29) is 19.6 Å². The fourth-order valence-corrected chi connectivity index (χ4v) is 2.60. The summed E-state index contributed by atoms with van der Waals surface area (Å²) in [6, 6.07) is 0. The van der Waals surface area contributed by atoms with Gasteiger partial charge in [-0.3, -0.25) is 14.3 Å². The molecule has 1 aliphatic rings. The minimum atomic E-state index is -4.92. The lowest BCUT2D eigenvalue weighted by atomic mass is 10.2. The third kappa shape index (κ3) is 5.18. The normalized spacial score (nSPS) is 22.4. The van der Waals surface area contributed by atoms with Crippen LogP contribution in [0.3, 0.4) is 0 Å². The van der Waals surface area contributed by atoms with Crippen molar-refractivity contribution < 1.29 is 27.4 Å². The SMILES string of the molecule is C#CCO[C@H]1C[C@H](n2cc(C(F)(F)F)c(=O)[nH]c2=O)O[C@@H]1COC(=S)CC. The van der Waals surface area contributed by atoms with Crippen LogP contribution in [0.1, 0.15) is 31.6 Å². The summed E-state index contributed by atoms with van der Waals surface area (Å²) in [5.41, 5.74) is -4.05. The van der Waals surface area contributed by atoms with Gasteiger partial charge in [-0.15, -0.1) is 6.42 Å². The monoisotopic (exact) mass is 406 g/mol. The first kappa shape index (κ1) is 21.1. The number of ether oxygens (including phenoxy) is 3. The fraction of sp³-hybridized carbons (Fsp3) is 0.562.